The molecule has 0 saturated carbocycles. The van der Waals surface area contributed by atoms with Gasteiger partial charge in [-0.1, -0.05) is 41.9 Å². The zero-order valence-corrected chi connectivity index (χ0v) is 16.8. The third-order valence-electron chi connectivity index (χ3n) is 4.99. The Morgan fingerprint density at radius 1 is 1.21 bits per heavy atom. The molecule has 0 bridgehead atoms. The van der Waals surface area contributed by atoms with Crippen molar-refractivity contribution in [2.75, 3.05) is 27.3 Å². The van der Waals surface area contributed by atoms with E-state index in [1.165, 1.54) is 25.8 Å². The number of likely N-dealkylation sites (tertiary alicyclic amines) is 1. The molecule has 150 valence electrons. The van der Waals surface area contributed by atoms with Gasteiger partial charge < -0.3 is 19.9 Å². The van der Waals surface area contributed by atoms with Gasteiger partial charge in [0.1, 0.15) is 5.56 Å². The molecule has 1 aliphatic heterocycles. The number of amides is 1. The van der Waals surface area contributed by atoms with Gasteiger partial charge in [-0.25, -0.2) is 0 Å². The first-order chi connectivity index (χ1) is 13.5. The van der Waals surface area contributed by atoms with E-state index in [1.807, 2.05) is 18.2 Å². The summed E-state index contributed by atoms with van der Waals surface area (Å²) in [6.07, 6.45) is 1.67. The molecule has 0 aromatic heterocycles. The highest BCUT2D eigenvalue weighted by atomic mass is 35.5. The summed E-state index contributed by atoms with van der Waals surface area (Å²) in [5, 5.41) is 13.6. The average molecular weight is 405 g/mol. The van der Waals surface area contributed by atoms with Gasteiger partial charge in [0.2, 0.25) is 0 Å². The predicted octanol–water partition coefficient (Wildman–Crippen LogP) is 3.46. The molecule has 6 nitrogen and oxygen atoms in total. The maximum atomic E-state index is 12.8. The summed E-state index contributed by atoms with van der Waals surface area (Å²) in [5.74, 6) is -0.424. The summed E-state index contributed by atoms with van der Waals surface area (Å²) >= 11 is 6.17. The van der Waals surface area contributed by atoms with Crippen molar-refractivity contribution in [1.82, 2.24) is 10.2 Å². The fourth-order valence-corrected chi connectivity index (χ4v) is 3.77. The summed E-state index contributed by atoms with van der Waals surface area (Å²) < 4.78 is 10.3. The number of hydrogen-bond acceptors (Lipinski definition) is 5. The molecule has 2 N–H and O–H groups in total. The topological polar surface area (TPSA) is 71.0 Å². The minimum atomic E-state index is -0.420. The van der Waals surface area contributed by atoms with Crippen molar-refractivity contribution in [3.8, 4) is 17.2 Å². The lowest BCUT2D eigenvalue weighted by Crippen LogP contribution is -2.44. The van der Waals surface area contributed by atoms with Crippen LogP contribution in [0, 0.1) is 0 Å². The molecular formula is C21H25ClN2O4. The predicted molar refractivity (Wildman–Crippen MR) is 108 cm³/mol. The quantitative estimate of drug-likeness (QED) is 0.771. The Bertz CT molecular complexity index is 821. The Morgan fingerprint density at radius 3 is 2.50 bits per heavy atom. The number of phenolic OH excluding ortho intramolecular Hbond substituents is 1. The van der Waals surface area contributed by atoms with Gasteiger partial charge in [0.15, 0.2) is 17.2 Å². The maximum absolute atomic E-state index is 12.8. The van der Waals surface area contributed by atoms with Crippen LogP contribution in [0.15, 0.2) is 36.4 Å². The first-order valence-corrected chi connectivity index (χ1v) is 9.61. The number of phenols is 1. The van der Waals surface area contributed by atoms with E-state index in [0.717, 1.165) is 32.5 Å². The van der Waals surface area contributed by atoms with E-state index in [1.54, 1.807) is 0 Å². The van der Waals surface area contributed by atoms with Gasteiger partial charge in [0.25, 0.3) is 5.91 Å². The lowest BCUT2D eigenvalue weighted by Gasteiger charge is -2.32. The zero-order valence-electron chi connectivity index (χ0n) is 16.1. The molecular weight excluding hydrogens is 380 g/mol. The van der Waals surface area contributed by atoms with Gasteiger partial charge in [-0.3, -0.25) is 9.69 Å². The van der Waals surface area contributed by atoms with Crippen LogP contribution in [0.3, 0.4) is 0 Å². The van der Waals surface area contributed by atoms with E-state index in [0.29, 0.717) is 0 Å². The second-order valence-electron chi connectivity index (χ2n) is 6.83. The van der Waals surface area contributed by atoms with Gasteiger partial charge >= 0.3 is 0 Å². The van der Waals surface area contributed by atoms with E-state index in [-0.39, 0.29) is 33.9 Å². The third-order valence-corrected chi connectivity index (χ3v) is 5.28. The normalized spacial score (nSPS) is 15.2. The van der Waals surface area contributed by atoms with E-state index in [2.05, 4.69) is 22.3 Å². The van der Waals surface area contributed by atoms with Crippen molar-refractivity contribution in [2.45, 2.75) is 25.4 Å². The van der Waals surface area contributed by atoms with E-state index >= 15 is 0 Å². The Balaban J connectivity index is 1.64. The van der Waals surface area contributed by atoms with Crippen LogP contribution in [-0.2, 0) is 6.54 Å². The van der Waals surface area contributed by atoms with E-state index in [4.69, 9.17) is 21.1 Å². The molecule has 1 saturated heterocycles. The Kier molecular flexibility index (Phi) is 6.65. The number of methoxy groups -OCH3 is 2. The van der Waals surface area contributed by atoms with Crippen LogP contribution in [0.4, 0.5) is 0 Å². The van der Waals surface area contributed by atoms with E-state index < -0.39 is 5.91 Å². The van der Waals surface area contributed by atoms with Crippen molar-refractivity contribution in [3.05, 3.63) is 52.5 Å². The molecule has 28 heavy (non-hydrogen) atoms. The first-order valence-electron chi connectivity index (χ1n) is 9.24. The summed E-state index contributed by atoms with van der Waals surface area (Å²) in [5.41, 5.74) is 1.28. The number of rotatable bonds is 6. The fraction of sp³-hybridized carbons (Fsp3) is 0.381. The molecule has 0 aliphatic carbocycles. The molecule has 0 atom stereocenters. The first kappa shape index (κ1) is 20.3. The van der Waals surface area contributed by atoms with Crippen molar-refractivity contribution in [3.63, 3.8) is 0 Å². The third kappa shape index (κ3) is 4.51. The standard InChI is InChI=1S/C21H25ClN2O4/c1-27-17-12-16(22)20(28-2)18(19(17)25)21(26)23-15-8-10-24(11-9-15)13-14-6-4-3-5-7-14/h3-7,12,15,25H,8-11,13H2,1-2H3,(H,23,26). The summed E-state index contributed by atoms with van der Waals surface area (Å²) in [6, 6.07) is 11.8. The van der Waals surface area contributed by atoms with Gasteiger partial charge in [-0.15, -0.1) is 0 Å². The Morgan fingerprint density at radius 2 is 1.89 bits per heavy atom. The molecule has 0 spiro atoms. The second-order valence-corrected chi connectivity index (χ2v) is 7.23. The van der Waals surface area contributed by atoms with E-state index in [9.17, 15) is 9.90 Å². The minimum Gasteiger partial charge on any atom is -0.504 e. The number of ether oxygens (including phenoxy) is 2. The number of aromatic hydroxyl groups is 1. The monoisotopic (exact) mass is 404 g/mol. The largest absolute Gasteiger partial charge is 0.504 e. The van der Waals surface area contributed by atoms with Gasteiger partial charge in [0.05, 0.1) is 19.2 Å². The van der Waals surface area contributed by atoms with Crippen molar-refractivity contribution < 1.29 is 19.4 Å². The summed E-state index contributed by atoms with van der Waals surface area (Å²) in [6.45, 7) is 2.69. The molecule has 1 amide bonds. The molecule has 2 aromatic rings. The highest BCUT2D eigenvalue weighted by Crippen LogP contribution is 2.42. The molecule has 3 rings (SSSR count). The van der Waals surface area contributed by atoms with Gasteiger partial charge in [-0.2, -0.15) is 0 Å². The number of nitrogens with zero attached hydrogens (tertiary/aromatic N) is 1. The molecule has 1 aliphatic rings. The van der Waals surface area contributed by atoms with Crippen LogP contribution in [0.25, 0.3) is 0 Å². The Hall–Kier alpha value is -2.44. The lowest BCUT2D eigenvalue weighted by molar-refractivity contribution is 0.0902. The molecule has 2 aromatic carbocycles. The Labute approximate surface area is 170 Å². The average Bonchev–Trinajstić information content (AvgIpc) is 2.71. The number of hydrogen-bond donors (Lipinski definition) is 2. The number of carbonyl (C=O) groups excluding carboxylic acids is 1. The number of nitrogens with one attached hydrogen (secondary N) is 1. The van der Waals surface area contributed by atoms with Crippen LogP contribution in [0.5, 0.6) is 17.2 Å². The van der Waals surface area contributed by atoms with Crippen LogP contribution < -0.4 is 14.8 Å². The number of benzene rings is 2. The summed E-state index contributed by atoms with van der Waals surface area (Å²) in [4.78, 5) is 15.2. The second kappa shape index (κ2) is 9.17. The highest BCUT2D eigenvalue weighted by molar-refractivity contribution is 6.33. The molecule has 1 heterocycles. The van der Waals surface area contributed by atoms with Gasteiger partial charge in [0, 0.05) is 31.7 Å². The molecule has 0 radical (unpaired) electrons. The minimum absolute atomic E-state index is 0.00133. The highest BCUT2D eigenvalue weighted by Gasteiger charge is 2.27. The smallest absolute Gasteiger partial charge is 0.259 e. The van der Waals surface area contributed by atoms with Crippen LogP contribution in [-0.4, -0.2) is 49.3 Å². The zero-order chi connectivity index (χ0) is 20.1. The molecule has 0 unspecified atom stereocenters. The van der Waals surface area contributed by atoms with Crippen molar-refractivity contribution in [1.29, 1.82) is 0 Å². The number of carbonyl (C=O) groups is 1. The van der Waals surface area contributed by atoms with Crippen molar-refractivity contribution in [2.24, 2.45) is 0 Å². The SMILES string of the molecule is COc1cc(Cl)c(OC)c(C(=O)NC2CCN(Cc3ccccc3)CC2)c1O. The fourth-order valence-electron chi connectivity index (χ4n) is 3.50. The lowest BCUT2D eigenvalue weighted by atomic mass is 10.0. The number of piperidine rings is 1. The van der Waals surface area contributed by atoms with Gasteiger partial charge in [-0.05, 0) is 18.4 Å². The maximum Gasteiger partial charge on any atom is 0.259 e. The summed E-state index contributed by atoms with van der Waals surface area (Å²) in [7, 11) is 2.81. The van der Waals surface area contributed by atoms with Crippen molar-refractivity contribution >= 4 is 17.5 Å². The van der Waals surface area contributed by atoms with Crippen LogP contribution >= 0.6 is 11.6 Å². The van der Waals surface area contributed by atoms with Crippen LogP contribution in [0.2, 0.25) is 5.02 Å². The molecule has 7 heteroatoms. The van der Waals surface area contributed by atoms with Crippen LogP contribution in [0.1, 0.15) is 28.8 Å². The number of halogens is 1. The molecule has 1 fully saturated rings.